The quantitative estimate of drug-likeness (QED) is 0.809. The van der Waals surface area contributed by atoms with Crippen molar-refractivity contribution in [2.24, 2.45) is 11.3 Å². The van der Waals surface area contributed by atoms with Gasteiger partial charge in [0.15, 0.2) is 11.6 Å². The van der Waals surface area contributed by atoms with Gasteiger partial charge < -0.3 is 9.84 Å². The Hall–Kier alpha value is -2.36. The number of aliphatic hydroxyl groups is 1. The van der Waals surface area contributed by atoms with E-state index in [1.807, 2.05) is 30.3 Å². The van der Waals surface area contributed by atoms with Crippen molar-refractivity contribution in [3.05, 3.63) is 53.3 Å². The van der Waals surface area contributed by atoms with Gasteiger partial charge in [-0.1, -0.05) is 30.3 Å². The van der Waals surface area contributed by atoms with Crippen molar-refractivity contribution >= 4 is 17.3 Å². The average Bonchev–Trinajstić information content (AvgIpc) is 2.51. The molecule has 1 aromatic carbocycles. The van der Waals surface area contributed by atoms with Crippen molar-refractivity contribution in [2.45, 2.75) is 26.9 Å². The van der Waals surface area contributed by atoms with Crippen LogP contribution in [0.1, 0.15) is 26.3 Å². The number of hydrogen-bond acceptors (Lipinski definition) is 4. The fourth-order valence-electron chi connectivity index (χ4n) is 3.16. The van der Waals surface area contributed by atoms with E-state index in [0.29, 0.717) is 5.76 Å². The van der Waals surface area contributed by atoms with E-state index in [1.54, 1.807) is 20.8 Å². The van der Waals surface area contributed by atoms with E-state index in [2.05, 4.69) is 0 Å². The number of Topliss-reactive ketones (excluding diaryl/α,β-unsaturated/α-hetero) is 1. The Morgan fingerprint density at radius 3 is 2.41 bits per heavy atom. The maximum atomic E-state index is 12.5. The zero-order valence-electron chi connectivity index (χ0n) is 12.8. The molecule has 0 amide bonds. The summed E-state index contributed by atoms with van der Waals surface area (Å²) < 4.78 is 5.98. The number of rotatable bonds is 1. The predicted molar refractivity (Wildman–Crippen MR) is 81.9 cm³/mol. The van der Waals surface area contributed by atoms with Crippen molar-refractivity contribution in [1.82, 2.24) is 0 Å². The fraction of sp³-hybridized carbons (Fsp3) is 0.333. The molecule has 1 heterocycles. The van der Waals surface area contributed by atoms with Crippen LogP contribution in [-0.2, 0) is 14.3 Å². The molecule has 4 heteroatoms. The molecule has 22 heavy (non-hydrogen) atoms. The Kier molecular flexibility index (Phi) is 3.20. The van der Waals surface area contributed by atoms with Crippen LogP contribution in [0.2, 0.25) is 0 Å². The summed E-state index contributed by atoms with van der Waals surface area (Å²) in [7, 11) is 0. The summed E-state index contributed by atoms with van der Waals surface area (Å²) in [6.45, 7) is 5.13. The van der Waals surface area contributed by atoms with Gasteiger partial charge in [0.1, 0.15) is 23.5 Å². The van der Waals surface area contributed by atoms with Crippen molar-refractivity contribution in [2.75, 3.05) is 0 Å². The highest BCUT2D eigenvalue weighted by Crippen LogP contribution is 2.46. The minimum atomic E-state index is -0.877. The van der Waals surface area contributed by atoms with Crippen LogP contribution < -0.4 is 0 Å². The number of allylic oxidation sites excluding steroid dienone is 2. The third-order valence-corrected chi connectivity index (χ3v) is 4.52. The molecule has 114 valence electrons. The molecule has 1 aromatic rings. The van der Waals surface area contributed by atoms with E-state index in [0.717, 1.165) is 5.56 Å². The van der Waals surface area contributed by atoms with E-state index in [4.69, 9.17) is 4.74 Å². The Bertz CT molecular complexity index is 710. The Morgan fingerprint density at radius 2 is 1.77 bits per heavy atom. The second-order valence-electron chi connectivity index (χ2n) is 6.35. The van der Waals surface area contributed by atoms with Crippen LogP contribution in [0.4, 0.5) is 0 Å². The zero-order chi connectivity index (χ0) is 16.1. The fourth-order valence-corrected chi connectivity index (χ4v) is 3.16. The lowest BCUT2D eigenvalue weighted by Gasteiger charge is -2.43. The minimum Gasteiger partial charge on any atom is -0.511 e. The van der Waals surface area contributed by atoms with Gasteiger partial charge >= 0.3 is 0 Å². The van der Waals surface area contributed by atoms with Gasteiger partial charge in [-0.3, -0.25) is 9.59 Å². The number of carbonyl (C=O) groups is 2. The van der Waals surface area contributed by atoms with E-state index >= 15 is 0 Å². The number of ether oxygens (including phenoxy) is 1. The Morgan fingerprint density at radius 1 is 1.14 bits per heavy atom. The molecule has 0 bridgehead atoms. The van der Waals surface area contributed by atoms with Gasteiger partial charge in [0.25, 0.3) is 0 Å². The molecule has 0 saturated heterocycles. The molecule has 0 fully saturated rings. The molecular weight excluding hydrogens is 280 g/mol. The summed E-state index contributed by atoms with van der Waals surface area (Å²) in [4.78, 5) is 24.8. The van der Waals surface area contributed by atoms with Crippen LogP contribution in [0.3, 0.4) is 0 Å². The second kappa shape index (κ2) is 4.83. The average molecular weight is 298 g/mol. The van der Waals surface area contributed by atoms with E-state index < -0.39 is 17.4 Å². The van der Waals surface area contributed by atoms with E-state index in [1.165, 1.54) is 6.08 Å². The van der Waals surface area contributed by atoms with Crippen LogP contribution in [0, 0.1) is 11.3 Å². The van der Waals surface area contributed by atoms with Crippen LogP contribution in [-0.4, -0.2) is 22.8 Å². The van der Waals surface area contributed by atoms with Crippen LogP contribution in [0.15, 0.2) is 47.7 Å². The van der Waals surface area contributed by atoms with Gasteiger partial charge in [0, 0.05) is 17.2 Å². The maximum absolute atomic E-state index is 12.5. The molecule has 1 N–H and O–H groups in total. The van der Waals surface area contributed by atoms with Gasteiger partial charge in [0.05, 0.1) is 5.41 Å². The van der Waals surface area contributed by atoms with Gasteiger partial charge in [-0.05, 0) is 20.8 Å². The first-order valence-electron chi connectivity index (χ1n) is 7.26. The molecule has 3 rings (SSSR count). The zero-order valence-corrected chi connectivity index (χ0v) is 12.8. The van der Waals surface area contributed by atoms with Crippen molar-refractivity contribution in [3.8, 4) is 0 Å². The molecule has 0 spiro atoms. The second-order valence-corrected chi connectivity index (χ2v) is 6.35. The largest absolute Gasteiger partial charge is 0.511 e. The third-order valence-electron chi connectivity index (χ3n) is 4.52. The molecule has 0 radical (unpaired) electrons. The SMILES string of the molecule is CC1=C(O)C(C)(C)C2OC(c3ccccc3)=CC(=O)C2C1=O. The minimum absolute atomic E-state index is 0.000798. The van der Waals surface area contributed by atoms with Crippen molar-refractivity contribution in [1.29, 1.82) is 0 Å². The number of benzene rings is 1. The number of aliphatic hydroxyl groups excluding tert-OH is 1. The summed E-state index contributed by atoms with van der Waals surface area (Å²) in [6, 6.07) is 9.28. The Labute approximate surface area is 129 Å². The maximum Gasteiger partial charge on any atom is 0.176 e. The lowest BCUT2D eigenvalue weighted by Crippen LogP contribution is -2.52. The highest BCUT2D eigenvalue weighted by atomic mass is 16.5. The molecule has 2 unspecified atom stereocenters. The first-order valence-corrected chi connectivity index (χ1v) is 7.26. The lowest BCUT2D eigenvalue weighted by atomic mass is 9.67. The van der Waals surface area contributed by atoms with Gasteiger partial charge in [0.2, 0.25) is 0 Å². The van der Waals surface area contributed by atoms with Gasteiger partial charge in [-0.15, -0.1) is 0 Å². The third kappa shape index (κ3) is 1.98. The summed E-state index contributed by atoms with van der Waals surface area (Å²) >= 11 is 0. The van der Waals surface area contributed by atoms with Crippen LogP contribution in [0.25, 0.3) is 5.76 Å². The lowest BCUT2D eigenvalue weighted by molar-refractivity contribution is -0.140. The molecule has 4 nitrogen and oxygen atoms in total. The summed E-state index contributed by atoms with van der Waals surface area (Å²) in [5, 5.41) is 10.3. The van der Waals surface area contributed by atoms with Crippen molar-refractivity contribution in [3.63, 3.8) is 0 Å². The number of fused-ring (bicyclic) bond motifs is 1. The Balaban J connectivity index is 2.08. The highest BCUT2D eigenvalue weighted by molar-refractivity contribution is 6.17. The monoisotopic (exact) mass is 298 g/mol. The van der Waals surface area contributed by atoms with Gasteiger partial charge in [-0.2, -0.15) is 0 Å². The van der Waals surface area contributed by atoms with Gasteiger partial charge in [-0.25, -0.2) is 0 Å². The molecule has 2 atom stereocenters. The highest BCUT2D eigenvalue weighted by Gasteiger charge is 2.53. The van der Waals surface area contributed by atoms with E-state index in [-0.39, 0.29) is 22.9 Å². The smallest absolute Gasteiger partial charge is 0.176 e. The molecule has 2 aliphatic rings. The molecular formula is C18H18O4. The van der Waals surface area contributed by atoms with Crippen LogP contribution >= 0.6 is 0 Å². The van der Waals surface area contributed by atoms with E-state index in [9.17, 15) is 14.7 Å². The first kappa shape index (κ1) is 14.6. The van der Waals surface area contributed by atoms with Crippen molar-refractivity contribution < 1.29 is 19.4 Å². The number of hydrogen-bond donors (Lipinski definition) is 1. The standard InChI is InChI=1S/C18H18O4/c1-10-15(20)14-12(19)9-13(11-7-5-4-6-8-11)22-17(14)18(2,3)16(10)21/h4-9,14,17,21H,1-3H3. The molecule has 0 aromatic heterocycles. The molecule has 1 aliphatic carbocycles. The number of ketones is 2. The molecule has 1 aliphatic heterocycles. The summed E-state index contributed by atoms with van der Waals surface area (Å²) in [5.41, 5.74) is 0.232. The molecule has 0 saturated carbocycles. The summed E-state index contributed by atoms with van der Waals surface area (Å²) in [5.74, 6) is -1.05. The predicted octanol–water partition coefficient (Wildman–Crippen LogP) is 3.05. The first-order chi connectivity index (χ1) is 10.3. The topological polar surface area (TPSA) is 63.6 Å². The van der Waals surface area contributed by atoms with Crippen LogP contribution in [0.5, 0.6) is 0 Å². The number of carbonyl (C=O) groups excluding carboxylic acids is 2. The summed E-state index contributed by atoms with van der Waals surface area (Å²) in [6.07, 6.45) is 0.691. The normalized spacial score (nSPS) is 27.1.